The number of sulfonamides is 1. The Morgan fingerprint density at radius 2 is 2.00 bits per heavy atom. The Morgan fingerprint density at radius 1 is 1.37 bits per heavy atom. The Bertz CT molecular complexity index is 575. The third kappa shape index (κ3) is 4.53. The molecule has 1 rings (SSSR count). The van der Waals surface area contributed by atoms with E-state index in [-0.39, 0.29) is 11.3 Å². The molecule has 1 aromatic rings. The molecule has 0 bridgehead atoms. The Morgan fingerprint density at radius 3 is 2.47 bits per heavy atom. The second-order valence-corrected chi connectivity index (χ2v) is 7.05. The van der Waals surface area contributed by atoms with Crippen LogP contribution in [0.3, 0.4) is 0 Å². The molecular formula is C10H11Br2NO5S. The van der Waals surface area contributed by atoms with Crippen molar-refractivity contribution in [2.24, 2.45) is 0 Å². The van der Waals surface area contributed by atoms with Crippen molar-refractivity contribution in [3.8, 4) is 0 Å². The molecule has 0 aliphatic rings. The molecule has 0 spiro atoms. The number of rotatable bonds is 6. The summed E-state index contributed by atoms with van der Waals surface area (Å²) in [6, 6.07) is 3.04. The summed E-state index contributed by atoms with van der Waals surface area (Å²) < 4.78 is 27.1. The summed E-state index contributed by atoms with van der Waals surface area (Å²) in [7, 11) is -3.98. The summed E-state index contributed by atoms with van der Waals surface area (Å²) in [4.78, 5) is 10.8. The molecule has 0 fully saturated rings. The van der Waals surface area contributed by atoms with E-state index in [1.807, 2.05) is 4.72 Å². The van der Waals surface area contributed by atoms with Crippen LogP contribution in [0.4, 0.5) is 0 Å². The number of aliphatic carboxylic acids is 1. The zero-order valence-corrected chi connectivity index (χ0v) is 13.5. The lowest BCUT2D eigenvalue weighted by molar-refractivity contribution is -0.139. The number of carboxylic acid groups (broad SMARTS) is 1. The van der Waals surface area contributed by atoms with Crippen molar-refractivity contribution in [1.29, 1.82) is 0 Å². The lowest BCUT2D eigenvalue weighted by atomic mass is 10.2. The van der Waals surface area contributed by atoms with Crippen molar-refractivity contribution in [2.45, 2.75) is 17.4 Å². The quantitative estimate of drug-likeness (QED) is 0.648. The smallest absolute Gasteiger partial charge is 0.321 e. The Kier molecular flexibility index (Phi) is 5.93. The Balaban J connectivity index is 3.06. The first-order chi connectivity index (χ1) is 8.77. The molecule has 0 radical (unpaired) electrons. The van der Waals surface area contributed by atoms with Crippen LogP contribution in [0.25, 0.3) is 0 Å². The fourth-order valence-electron chi connectivity index (χ4n) is 1.31. The highest BCUT2D eigenvalue weighted by Crippen LogP contribution is 2.25. The maximum Gasteiger partial charge on any atom is 0.321 e. The molecule has 0 aromatic heterocycles. The molecule has 0 unspecified atom stereocenters. The van der Waals surface area contributed by atoms with Crippen LogP contribution >= 0.6 is 31.9 Å². The predicted octanol–water partition coefficient (Wildman–Crippen LogP) is 1.33. The lowest BCUT2D eigenvalue weighted by Crippen LogP contribution is -2.41. The van der Waals surface area contributed by atoms with Crippen molar-refractivity contribution < 1.29 is 23.4 Å². The average Bonchev–Trinajstić information content (AvgIpc) is 2.27. The van der Waals surface area contributed by atoms with Crippen molar-refractivity contribution in [1.82, 2.24) is 4.72 Å². The van der Waals surface area contributed by atoms with Crippen LogP contribution in [0, 0.1) is 0 Å². The summed E-state index contributed by atoms with van der Waals surface area (Å²) in [6.45, 7) is -0.430. The fourth-order valence-corrected chi connectivity index (χ4v) is 4.28. The van der Waals surface area contributed by atoms with Gasteiger partial charge in [-0.25, -0.2) is 8.42 Å². The van der Waals surface area contributed by atoms with Crippen LogP contribution in [-0.2, 0) is 14.8 Å². The van der Waals surface area contributed by atoms with Gasteiger partial charge < -0.3 is 10.2 Å². The number of aliphatic hydroxyl groups is 1. The van der Waals surface area contributed by atoms with Crippen LogP contribution in [0.2, 0.25) is 0 Å². The fraction of sp³-hybridized carbons (Fsp3) is 0.300. The van der Waals surface area contributed by atoms with E-state index in [0.717, 1.165) is 0 Å². The standard InChI is InChI=1S/C10H11Br2NO5S/c11-6-1-2-9(7(12)5-6)19(17,18)13-8(3-4-14)10(15)16/h1-2,5,8,13-14H,3-4H2,(H,15,16)/t8-/m1/s1. The van der Waals surface area contributed by atoms with E-state index in [4.69, 9.17) is 10.2 Å². The minimum Gasteiger partial charge on any atom is -0.480 e. The average molecular weight is 417 g/mol. The van der Waals surface area contributed by atoms with Crippen molar-refractivity contribution in [2.75, 3.05) is 6.61 Å². The number of halogens is 2. The first-order valence-electron chi connectivity index (χ1n) is 5.09. The maximum absolute atomic E-state index is 12.1. The molecule has 0 amide bonds. The van der Waals surface area contributed by atoms with Crippen LogP contribution in [0.5, 0.6) is 0 Å². The Labute approximate surface area is 127 Å². The second kappa shape index (κ2) is 6.80. The summed E-state index contributed by atoms with van der Waals surface area (Å²) in [5.74, 6) is -1.34. The minimum absolute atomic E-state index is 0.0695. The van der Waals surface area contributed by atoms with Gasteiger partial charge >= 0.3 is 5.97 Å². The number of aliphatic hydroxyl groups excluding tert-OH is 1. The normalized spacial score (nSPS) is 13.2. The molecule has 0 aliphatic heterocycles. The van der Waals surface area contributed by atoms with E-state index in [1.54, 1.807) is 0 Å². The third-order valence-corrected chi connectivity index (χ3v) is 5.14. The van der Waals surface area contributed by atoms with E-state index in [0.29, 0.717) is 8.95 Å². The molecule has 1 aromatic carbocycles. The highest BCUT2D eigenvalue weighted by molar-refractivity contribution is 9.11. The molecule has 6 nitrogen and oxygen atoms in total. The van der Waals surface area contributed by atoms with Gasteiger partial charge in [-0.2, -0.15) is 4.72 Å². The first-order valence-corrected chi connectivity index (χ1v) is 8.16. The lowest BCUT2D eigenvalue weighted by Gasteiger charge is -2.14. The summed E-state index contributed by atoms with van der Waals surface area (Å²) >= 11 is 6.29. The van der Waals surface area contributed by atoms with Gasteiger partial charge in [0.15, 0.2) is 0 Å². The monoisotopic (exact) mass is 415 g/mol. The van der Waals surface area contributed by atoms with E-state index in [9.17, 15) is 13.2 Å². The summed E-state index contributed by atoms with van der Waals surface area (Å²) in [5, 5.41) is 17.6. The Hall–Kier alpha value is -0.480. The largest absolute Gasteiger partial charge is 0.480 e. The van der Waals surface area contributed by atoms with Crippen LogP contribution in [-0.4, -0.2) is 37.2 Å². The van der Waals surface area contributed by atoms with Gasteiger partial charge in [0.2, 0.25) is 10.0 Å². The highest BCUT2D eigenvalue weighted by atomic mass is 79.9. The minimum atomic E-state index is -3.98. The molecule has 9 heteroatoms. The van der Waals surface area contributed by atoms with E-state index >= 15 is 0 Å². The van der Waals surface area contributed by atoms with Crippen molar-refractivity contribution in [3.05, 3.63) is 27.1 Å². The summed E-state index contributed by atoms with van der Waals surface area (Å²) in [5.41, 5.74) is 0. The maximum atomic E-state index is 12.1. The number of carbonyl (C=O) groups is 1. The molecule has 0 saturated carbocycles. The molecule has 19 heavy (non-hydrogen) atoms. The predicted molar refractivity (Wildman–Crippen MR) is 75.3 cm³/mol. The number of carboxylic acids is 1. The topological polar surface area (TPSA) is 104 Å². The van der Waals surface area contributed by atoms with E-state index in [1.165, 1.54) is 18.2 Å². The van der Waals surface area contributed by atoms with Gasteiger partial charge in [0.05, 0.1) is 4.90 Å². The SMILES string of the molecule is O=C(O)[C@@H](CCO)NS(=O)(=O)c1ccc(Br)cc1Br. The van der Waals surface area contributed by atoms with Crippen molar-refractivity contribution in [3.63, 3.8) is 0 Å². The zero-order valence-electron chi connectivity index (χ0n) is 9.51. The number of nitrogens with one attached hydrogen (secondary N) is 1. The first kappa shape index (κ1) is 16.6. The second-order valence-electron chi connectivity index (χ2n) is 3.60. The molecule has 106 valence electrons. The van der Waals surface area contributed by atoms with Gasteiger partial charge in [0.1, 0.15) is 6.04 Å². The number of benzene rings is 1. The van der Waals surface area contributed by atoms with Gasteiger partial charge in [-0.15, -0.1) is 0 Å². The molecule has 1 atom stereocenters. The van der Waals surface area contributed by atoms with E-state index in [2.05, 4.69) is 31.9 Å². The van der Waals surface area contributed by atoms with Crippen molar-refractivity contribution >= 4 is 47.9 Å². The van der Waals surface area contributed by atoms with Crippen LogP contribution < -0.4 is 4.72 Å². The number of hydrogen-bond acceptors (Lipinski definition) is 4. The van der Waals surface area contributed by atoms with Crippen LogP contribution in [0.1, 0.15) is 6.42 Å². The van der Waals surface area contributed by atoms with Gasteiger partial charge in [0.25, 0.3) is 0 Å². The zero-order chi connectivity index (χ0) is 14.6. The third-order valence-electron chi connectivity index (χ3n) is 2.20. The van der Waals surface area contributed by atoms with Gasteiger partial charge in [-0.1, -0.05) is 15.9 Å². The summed E-state index contributed by atoms with van der Waals surface area (Å²) in [6.07, 6.45) is -0.206. The molecule has 0 heterocycles. The van der Waals surface area contributed by atoms with Crippen LogP contribution in [0.15, 0.2) is 32.0 Å². The highest BCUT2D eigenvalue weighted by Gasteiger charge is 2.26. The molecule has 0 saturated heterocycles. The van der Waals surface area contributed by atoms with Gasteiger partial charge in [-0.05, 0) is 40.5 Å². The molecule has 0 aliphatic carbocycles. The van der Waals surface area contributed by atoms with E-state index < -0.39 is 28.6 Å². The van der Waals surface area contributed by atoms with Gasteiger partial charge in [-0.3, -0.25) is 4.79 Å². The molecule has 3 N–H and O–H groups in total. The van der Waals surface area contributed by atoms with Gasteiger partial charge in [0, 0.05) is 15.6 Å². The molecular weight excluding hydrogens is 406 g/mol. The number of hydrogen-bond donors (Lipinski definition) is 3.